The average molecular weight is 390 g/mol. The number of nitro groups is 1. The number of aromatic nitrogens is 1. The van der Waals surface area contributed by atoms with Gasteiger partial charge >= 0.3 is 0 Å². The third-order valence-electron chi connectivity index (χ3n) is 4.12. The molecule has 0 radical (unpaired) electrons. The molecule has 3 aromatic rings. The van der Waals surface area contributed by atoms with Gasteiger partial charge < -0.3 is 0 Å². The zero-order valence-electron chi connectivity index (χ0n) is 14.4. The quantitative estimate of drug-likeness (QED) is 0.333. The topological polar surface area (TPSA) is 59.3 Å². The molecule has 0 saturated heterocycles. The predicted octanol–water partition coefficient (Wildman–Crippen LogP) is 5.39. The second kappa shape index (κ2) is 7.58. The van der Waals surface area contributed by atoms with Gasteiger partial charge in [0.15, 0.2) is 0 Å². The van der Waals surface area contributed by atoms with E-state index < -0.39 is 4.92 Å². The largest absolute Gasteiger partial charge is 0.298 e. The lowest BCUT2D eigenvalue weighted by molar-refractivity contribution is -0.384. The zero-order valence-corrected chi connectivity index (χ0v) is 15.9. The van der Waals surface area contributed by atoms with Crippen molar-refractivity contribution in [1.82, 2.24) is 9.88 Å². The molecule has 3 rings (SSSR count). The summed E-state index contributed by atoms with van der Waals surface area (Å²) >= 11 is 12.5. The maximum absolute atomic E-state index is 11.0. The Kier molecular flexibility index (Phi) is 5.41. The maximum atomic E-state index is 11.0. The Morgan fingerprint density at radius 2 is 1.81 bits per heavy atom. The van der Waals surface area contributed by atoms with E-state index in [2.05, 4.69) is 4.98 Å². The predicted molar refractivity (Wildman–Crippen MR) is 105 cm³/mol. The van der Waals surface area contributed by atoms with Gasteiger partial charge in [-0.15, -0.1) is 0 Å². The van der Waals surface area contributed by atoms with E-state index in [4.69, 9.17) is 23.2 Å². The van der Waals surface area contributed by atoms with E-state index >= 15 is 0 Å². The summed E-state index contributed by atoms with van der Waals surface area (Å²) in [5.74, 6) is 0. The Balaban J connectivity index is 1.82. The van der Waals surface area contributed by atoms with Crippen molar-refractivity contribution in [2.75, 3.05) is 7.05 Å². The van der Waals surface area contributed by atoms with Gasteiger partial charge in [-0.25, -0.2) is 4.98 Å². The van der Waals surface area contributed by atoms with Crippen molar-refractivity contribution in [3.05, 3.63) is 79.4 Å². The van der Waals surface area contributed by atoms with Crippen LogP contribution >= 0.6 is 23.2 Å². The third-order valence-corrected chi connectivity index (χ3v) is 4.82. The first-order chi connectivity index (χ1) is 12.3. The lowest BCUT2D eigenvalue weighted by Gasteiger charge is -2.18. The Labute approximate surface area is 161 Å². The molecule has 26 heavy (non-hydrogen) atoms. The van der Waals surface area contributed by atoms with E-state index in [0.717, 1.165) is 22.0 Å². The van der Waals surface area contributed by atoms with Crippen LogP contribution in [0.25, 0.3) is 10.9 Å². The van der Waals surface area contributed by atoms with Crippen LogP contribution in [-0.2, 0) is 13.1 Å². The molecular formula is C19H17Cl2N3O2. The van der Waals surface area contributed by atoms with Crippen LogP contribution < -0.4 is 0 Å². The number of nitro benzene ring substituents is 1. The minimum absolute atomic E-state index is 0.0265. The SMILES string of the molecule is Cc1ccc2cc(CN(C)Cc3cc([N+](=O)[O-])ccc3Cl)c(Cl)nc2c1. The van der Waals surface area contributed by atoms with Crippen molar-refractivity contribution < 1.29 is 4.92 Å². The number of nitrogens with zero attached hydrogens (tertiary/aromatic N) is 3. The summed E-state index contributed by atoms with van der Waals surface area (Å²) in [6, 6.07) is 12.5. The fraction of sp³-hybridized carbons (Fsp3) is 0.211. The molecule has 0 N–H and O–H groups in total. The summed E-state index contributed by atoms with van der Waals surface area (Å²) in [7, 11) is 1.91. The number of fused-ring (bicyclic) bond motifs is 1. The van der Waals surface area contributed by atoms with Crippen LogP contribution in [0.4, 0.5) is 5.69 Å². The minimum Gasteiger partial charge on any atom is -0.298 e. The molecule has 7 heteroatoms. The fourth-order valence-corrected chi connectivity index (χ4v) is 3.22. The van der Waals surface area contributed by atoms with Crippen LogP contribution in [0.2, 0.25) is 10.2 Å². The normalized spacial score (nSPS) is 11.3. The van der Waals surface area contributed by atoms with Gasteiger partial charge in [0.1, 0.15) is 5.15 Å². The van der Waals surface area contributed by atoms with Crippen LogP contribution in [0.3, 0.4) is 0 Å². The molecule has 5 nitrogen and oxygen atoms in total. The van der Waals surface area contributed by atoms with Gasteiger partial charge in [0.25, 0.3) is 5.69 Å². The molecule has 0 aliphatic carbocycles. The number of pyridine rings is 1. The minimum atomic E-state index is -0.425. The standard InChI is InChI=1S/C19H17Cl2N3O2/c1-12-3-4-13-8-15(19(21)22-18(13)7-12)11-23(2)10-14-9-16(24(25)26)5-6-17(14)20/h3-9H,10-11H2,1-2H3. The van der Waals surface area contributed by atoms with E-state index in [0.29, 0.717) is 28.8 Å². The van der Waals surface area contributed by atoms with E-state index in [9.17, 15) is 10.1 Å². The molecule has 0 aliphatic rings. The molecule has 0 atom stereocenters. The van der Waals surface area contributed by atoms with Gasteiger partial charge in [-0.2, -0.15) is 0 Å². The summed E-state index contributed by atoms with van der Waals surface area (Å²) in [6.07, 6.45) is 0. The number of rotatable bonds is 5. The second-order valence-electron chi connectivity index (χ2n) is 6.34. The molecule has 0 unspecified atom stereocenters. The first-order valence-corrected chi connectivity index (χ1v) is 8.76. The highest BCUT2D eigenvalue weighted by Gasteiger charge is 2.13. The van der Waals surface area contributed by atoms with Gasteiger partial charge in [-0.3, -0.25) is 15.0 Å². The monoisotopic (exact) mass is 389 g/mol. The second-order valence-corrected chi connectivity index (χ2v) is 7.10. The zero-order chi connectivity index (χ0) is 18.8. The molecule has 0 bridgehead atoms. The van der Waals surface area contributed by atoms with Crippen molar-refractivity contribution in [2.24, 2.45) is 0 Å². The van der Waals surface area contributed by atoms with Crippen molar-refractivity contribution >= 4 is 39.8 Å². The molecule has 1 aromatic heterocycles. The lowest BCUT2D eigenvalue weighted by Crippen LogP contribution is -2.18. The Hall–Kier alpha value is -2.21. The number of halogens is 2. The van der Waals surface area contributed by atoms with Crippen LogP contribution in [0.1, 0.15) is 16.7 Å². The van der Waals surface area contributed by atoms with Crippen LogP contribution in [-0.4, -0.2) is 21.9 Å². The van der Waals surface area contributed by atoms with E-state index in [1.54, 1.807) is 6.07 Å². The van der Waals surface area contributed by atoms with Crippen LogP contribution in [0.15, 0.2) is 42.5 Å². The highest BCUT2D eigenvalue weighted by Crippen LogP contribution is 2.26. The van der Waals surface area contributed by atoms with E-state index in [-0.39, 0.29) is 5.69 Å². The summed E-state index contributed by atoms with van der Waals surface area (Å²) < 4.78 is 0. The van der Waals surface area contributed by atoms with E-state index in [1.807, 2.05) is 43.1 Å². The summed E-state index contributed by atoms with van der Waals surface area (Å²) in [5.41, 5.74) is 3.61. The average Bonchev–Trinajstić information content (AvgIpc) is 2.57. The van der Waals surface area contributed by atoms with Crippen LogP contribution in [0, 0.1) is 17.0 Å². The van der Waals surface area contributed by atoms with Crippen LogP contribution in [0.5, 0.6) is 0 Å². The van der Waals surface area contributed by atoms with Gasteiger partial charge in [-0.05, 0) is 43.3 Å². The van der Waals surface area contributed by atoms with Crippen molar-refractivity contribution in [3.63, 3.8) is 0 Å². The molecule has 134 valence electrons. The number of aryl methyl sites for hydroxylation is 1. The molecule has 0 amide bonds. The maximum Gasteiger partial charge on any atom is 0.269 e. The van der Waals surface area contributed by atoms with Gasteiger partial charge in [0, 0.05) is 41.2 Å². The fourth-order valence-electron chi connectivity index (χ4n) is 2.84. The van der Waals surface area contributed by atoms with Gasteiger partial charge in [0.2, 0.25) is 0 Å². The van der Waals surface area contributed by atoms with Crippen molar-refractivity contribution in [2.45, 2.75) is 20.0 Å². The molecule has 0 fully saturated rings. The van der Waals surface area contributed by atoms with Crippen molar-refractivity contribution in [1.29, 1.82) is 0 Å². The Bertz CT molecular complexity index is 992. The highest BCUT2D eigenvalue weighted by atomic mass is 35.5. The summed E-state index contributed by atoms with van der Waals surface area (Å²) in [5, 5.41) is 12.9. The summed E-state index contributed by atoms with van der Waals surface area (Å²) in [6.45, 7) is 3.02. The number of non-ortho nitro benzene ring substituents is 1. The lowest BCUT2D eigenvalue weighted by atomic mass is 10.1. The molecule has 1 heterocycles. The van der Waals surface area contributed by atoms with Crippen molar-refractivity contribution in [3.8, 4) is 0 Å². The summed E-state index contributed by atoms with van der Waals surface area (Å²) in [4.78, 5) is 17.0. The molecule has 0 saturated carbocycles. The molecular weight excluding hydrogens is 373 g/mol. The van der Waals surface area contributed by atoms with Gasteiger partial charge in [-0.1, -0.05) is 35.3 Å². The Morgan fingerprint density at radius 3 is 2.54 bits per heavy atom. The molecule has 0 aliphatic heterocycles. The van der Waals surface area contributed by atoms with Gasteiger partial charge in [0.05, 0.1) is 10.4 Å². The molecule has 2 aromatic carbocycles. The molecule has 0 spiro atoms. The first kappa shape index (κ1) is 18.6. The first-order valence-electron chi connectivity index (χ1n) is 8.00. The number of benzene rings is 2. The smallest absolute Gasteiger partial charge is 0.269 e. The Morgan fingerprint density at radius 1 is 1.08 bits per heavy atom. The highest BCUT2D eigenvalue weighted by molar-refractivity contribution is 6.31. The number of hydrogen-bond acceptors (Lipinski definition) is 4. The third kappa shape index (κ3) is 4.12. The van der Waals surface area contributed by atoms with E-state index in [1.165, 1.54) is 12.1 Å². The number of hydrogen-bond donors (Lipinski definition) is 0.